The third-order valence-electron chi connectivity index (χ3n) is 8.64. The van der Waals surface area contributed by atoms with E-state index in [2.05, 4.69) is 30.7 Å². The van der Waals surface area contributed by atoms with Crippen molar-refractivity contribution in [3.63, 3.8) is 0 Å². The van der Waals surface area contributed by atoms with Gasteiger partial charge in [-0.3, -0.25) is 9.69 Å². The number of aromatic nitrogens is 3. The zero-order valence-electron chi connectivity index (χ0n) is 21.0. The Labute approximate surface area is 205 Å². The molecule has 1 spiro atoms. The minimum Gasteiger partial charge on any atom is -0.380 e. The number of rotatable bonds is 4. The number of nitrogens with one attached hydrogen (secondary N) is 1. The second-order valence-corrected chi connectivity index (χ2v) is 12.4. The van der Waals surface area contributed by atoms with Gasteiger partial charge in [-0.1, -0.05) is 13.8 Å². The first-order valence-corrected chi connectivity index (χ1v) is 13.6. The number of H-pyrrole nitrogens is 1. The van der Waals surface area contributed by atoms with Crippen molar-refractivity contribution in [2.24, 2.45) is 12.5 Å². The fourth-order valence-corrected chi connectivity index (χ4v) is 7.57. The molecule has 6 nitrogen and oxygen atoms in total. The lowest BCUT2D eigenvalue weighted by atomic mass is 9.75. The summed E-state index contributed by atoms with van der Waals surface area (Å²) in [5.74, 6) is 0.926. The smallest absolute Gasteiger partial charge is 0.253 e. The first-order valence-electron chi connectivity index (χ1n) is 12.8. The highest BCUT2D eigenvalue weighted by atomic mass is 32.1. The molecular formula is C27H36N4O2S. The summed E-state index contributed by atoms with van der Waals surface area (Å²) in [6, 6.07) is 0.751. The molecule has 5 heterocycles. The van der Waals surface area contributed by atoms with Crippen LogP contribution in [-0.2, 0) is 11.8 Å². The maximum atomic E-state index is 12.4. The van der Waals surface area contributed by atoms with E-state index in [1.807, 2.05) is 31.5 Å². The summed E-state index contributed by atoms with van der Waals surface area (Å²) >= 11 is 1.84. The van der Waals surface area contributed by atoms with Gasteiger partial charge in [0.1, 0.15) is 10.3 Å². The van der Waals surface area contributed by atoms with E-state index >= 15 is 0 Å². The third kappa shape index (κ3) is 3.42. The van der Waals surface area contributed by atoms with Crippen molar-refractivity contribution in [3.8, 4) is 11.3 Å². The number of fused-ring (bicyclic) bond motifs is 1. The number of ether oxygens (including phenoxy) is 1. The Balaban J connectivity index is 1.25. The van der Waals surface area contributed by atoms with Crippen molar-refractivity contribution in [2.75, 3.05) is 26.3 Å². The van der Waals surface area contributed by atoms with E-state index in [1.54, 1.807) is 4.57 Å². The molecule has 2 saturated heterocycles. The Bertz CT molecular complexity index is 1300. The van der Waals surface area contributed by atoms with Gasteiger partial charge in [-0.05, 0) is 51.0 Å². The summed E-state index contributed by atoms with van der Waals surface area (Å²) in [5, 5.41) is 1.30. The number of likely N-dealkylation sites (tertiary alicyclic amines) is 1. The number of thiazole rings is 1. The van der Waals surface area contributed by atoms with Gasteiger partial charge in [0.2, 0.25) is 0 Å². The van der Waals surface area contributed by atoms with Crippen LogP contribution in [0.4, 0.5) is 0 Å². The van der Waals surface area contributed by atoms with Crippen LogP contribution in [0.3, 0.4) is 0 Å². The Kier molecular flexibility index (Phi) is 5.32. The second-order valence-electron chi connectivity index (χ2n) is 11.4. The van der Waals surface area contributed by atoms with Crippen molar-refractivity contribution in [3.05, 3.63) is 38.2 Å². The number of hydrogen-bond donors (Lipinski definition) is 1. The molecule has 0 radical (unpaired) electrons. The van der Waals surface area contributed by atoms with Crippen LogP contribution in [0.2, 0.25) is 0 Å². The molecule has 0 bridgehead atoms. The van der Waals surface area contributed by atoms with E-state index in [0.29, 0.717) is 17.3 Å². The van der Waals surface area contributed by atoms with Crippen molar-refractivity contribution < 1.29 is 4.74 Å². The molecule has 1 N–H and O–H groups in total. The highest BCUT2D eigenvalue weighted by molar-refractivity contribution is 7.18. The fourth-order valence-electron chi connectivity index (χ4n) is 6.42. The van der Waals surface area contributed by atoms with Crippen LogP contribution in [0, 0.1) is 19.3 Å². The van der Waals surface area contributed by atoms with E-state index in [9.17, 15) is 4.79 Å². The molecule has 0 amide bonds. The molecule has 3 fully saturated rings. The van der Waals surface area contributed by atoms with Gasteiger partial charge in [-0.15, -0.1) is 11.3 Å². The zero-order chi connectivity index (χ0) is 23.8. The third-order valence-corrected chi connectivity index (χ3v) is 9.77. The van der Waals surface area contributed by atoms with Crippen molar-refractivity contribution in [2.45, 2.75) is 71.3 Å². The van der Waals surface area contributed by atoms with Crippen molar-refractivity contribution in [1.82, 2.24) is 19.4 Å². The molecule has 0 atom stereocenters. The van der Waals surface area contributed by atoms with Crippen LogP contribution >= 0.6 is 11.3 Å². The largest absolute Gasteiger partial charge is 0.380 e. The lowest BCUT2D eigenvalue weighted by Gasteiger charge is -2.58. The highest BCUT2D eigenvalue weighted by Gasteiger charge is 2.50. The van der Waals surface area contributed by atoms with E-state index < -0.39 is 0 Å². The normalized spacial score (nSPS) is 24.6. The first kappa shape index (κ1) is 22.5. The van der Waals surface area contributed by atoms with Crippen LogP contribution in [0.5, 0.6) is 0 Å². The van der Waals surface area contributed by atoms with Crippen LogP contribution in [0.25, 0.3) is 21.6 Å². The molecular weight excluding hydrogens is 444 g/mol. The number of aromatic amines is 1. The van der Waals surface area contributed by atoms with Crippen molar-refractivity contribution >= 4 is 21.7 Å². The van der Waals surface area contributed by atoms with Crippen LogP contribution in [0.1, 0.15) is 73.1 Å². The monoisotopic (exact) mass is 480 g/mol. The summed E-state index contributed by atoms with van der Waals surface area (Å²) in [4.78, 5) is 25.2. The Morgan fingerprint density at radius 1 is 1.15 bits per heavy atom. The quantitative estimate of drug-likeness (QED) is 0.565. The predicted octanol–water partition coefficient (Wildman–Crippen LogP) is 5.09. The molecule has 3 aromatic heterocycles. The molecule has 3 aromatic rings. The molecule has 2 aliphatic heterocycles. The summed E-state index contributed by atoms with van der Waals surface area (Å²) in [7, 11) is 1.84. The lowest BCUT2D eigenvalue weighted by Crippen LogP contribution is -2.68. The topological polar surface area (TPSA) is 63.2 Å². The molecule has 7 heteroatoms. The number of aryl methyl sites for hydroxylation is 1. The van der Waals surface area contributed by atoms with Gasteiger partial charge in [0.05, 0.1) is 23.9 Å². The maximum Gasteiger partial charge on any atom is 0.253 e. The van der Waals surface area contributed by atoms with E-state index in [4.69, 9.17) is 9.72 Å². The molecule has 0 unspecified atom stereocenters. The Morgan fingerprint density at radius 2 is 1.85 bits per heavy atom. The minimum atomic E-state index is 0.0751. The van der Waals surface area contributed by atoms with Crippen LogP contribution in [0.15, 0.2) is 11.0 Å². The molecule has 1 saturated carbocycles. The zero-order valence-corrected chi connectivity index (χ0v) is 21.8. The van der Waals surface area contributed by atoms with Gasteiger partial charge in [0, 0.05) is 60.4 Å². The van der Waals surface area contributed by atoms with Crippen LogP contribution < -0.4 is 5.56 Å². The standard InChI is InChI=1S/C27H36N4O2S/c1-15(2)21-22(20-10-30(5)26(32)17(4)16(20)3)28-25-23(21)29-24(34-25)18-6-8-19(9-7-18)31-11-27(12-31)13-33-14-27/h10,15,18-19,28H,6-9,11-14H2,1-5H3. The van der Waals surface area contributed by atoms with Gasteiger partial charge in [-0.2, -0.15) is 0 Å². The number of nitrogens with zero attached hydrogens (tertiary/aromatic N) is 3. The molecule has 182 valence electrons. The highest BCUT2D eigenvalue weighted by Crippen LogP contribution is 2.45. The van der Waals surface area contributed by atoms with Crippen LogP contribution in [-0.4, -0.2) is 51.8 Å². The lowest BCUT2D eigenvalue weighted by molar-refractivity contribution is -0.200. The summed E-state index contributed by atoms with van der Waals surface area (Å²) in [5.41, 5.74) is 7.11. The molecule has 3 aliphatic rings. The first-order chi connectivity index (χ1) is 16.3. The fraction of sp³-hybridized carbons (Fsp3) is 0.630. The van der Waals surface area contributed by atoms with Gasteiger partial charge in [0.15, 0.2) is 0 Å². The summed E-state index contributed by atoms with van der Waals surface area (Å²) < 4.78 is 7.15. The SMILES string of the molecule is Cc1c(-c2[nH]c3sc(C4CCC(N5CC6(COC6)C5)CC4)nc3c2C(C)C)cn(C)c(=O)c1C. The van der Waals surface area contributed by atoms with E-state index in [1.165, 1.54) is 54.2 Å². The van der Waals surface area contributed by atoms with Gasteiger partial charge in [0.25, 0.3) is 5.56 Å². The summed E-state index contributed by atoms with van der Waals surface area (Å²) in [6.07, 6.45) is 7.03. The van der Waals surface area contributed by atoms with Crippen molar-refractivity contribution in [1.29, 1.82) is 0 Å². The molecule has 0 aromatic carbocycles. The minimum absolute atomic E-state index is 0.0751. The summed E-state index contributed by atoms with van der Waals surface area (Å²) in [6.45, 7) is 12.9. The average molecular weight is 481 g/mol. The Morgan fingerprint density at radius 3 is 2.47 bits per heavy atom. The van der Waals surface area contributed by atoms with E-state index in [-0.39, 0.29) is 5.56 Å². The molecule has 6 rings (SSSR count). The Hall–Kier alpha value is -1.96. The predicted molar refractivity (Wildman–Crippen MR) is 138 cm³/mol. The molecule has 34 heavy (non-hydrogen) atoms. The van der Waals surface area contributed by atoms with E-state index in [0.717, 1.165) is 47.2 Å². The average Bonchev–Trinajstić information content (AvgIpc) is 3.31. The van der Waals surface area contributed by atoms with Gasteiger partial charge < -0.3 is 14.3 Å². The maximum absolute atomic E-state index is 12.4. The molecule has 1 aliphatic carbocycles. The van der Waals surface area contributed by atoms with Gasteiger partial charge in [-0.25, -0.2) is 4.98 Å². The number of hydrogen-bond acceptors (Lipinski definition) is 5. The number of pyridine rings is 1. The van der Waals surface area contributed by atoms with Gasteiger partial charge >= 0.3 is 0 Å². The second kappa shape index (κ2) is 8.04.